The van der Waals surface area contributed by atoms with Gasteiger partial charge in [0.25, 0.3) is 0 Å². The van der Waals surface area contributed by atoms with Gasteiger partial charge in [-0.2, -0.15) is 0 Å². The Morgan fingerprint density at radius 2 is 1.15 bits per heavy atom. The van der Waals surface area contributed by atoms with Gasteiger partial charge < -0.3 is 4.74 Å². The number of benzene rings is 6. The Balaban J connectivity index is 1.30. The van der Waals surface area contributed by atoms with E-state index in [9.17, 15) is 0 Å². The number of rotatable bonds is 2. The third-order valence-corrected chi connectivity index (χ3v) is 9.39. The van der Waals surface area contributed by atoms with Crippen LogP contribution in [0.25, 0.3) is 33.0 Å². The lowest BCUT2D eigenvalue weighted by Gasteiger charge is -2.38. The fourth-order valence-electron chi connectivity index (χ4n) is 7.28. The molecule has 0 saturated heterocycles. The fourth-order valence-corrected chi connectivity index (χ4v) is 7.28. The molecule has 192 valence electrons. The van der Waals surface area contributed by atoms with Crippen LogP contribution in [0.5, 0.6) is 11.5 Å². The van der Waals surface area contributed by atoms with Crippen LogP contribution in [-0.2, 0) is 10.8 Å². The minimum absolute atomic E-state index is 0.0870. The summed E-state index contributed by atoms with van der Waals surface area (Å²) in [6, 6.07) is 46.4. The van der Waals surface area contributed by atoms with Gasteiger partial charge in [0.1, 0.15) is 11.5 Å². The van der Waals surface area contributed by atoms with E-state index in [1.54, 1.807) is 0 Å². The number of hydrogen-bond donors (Lipinski definition) is 0. The van der Waals surface area contributed by atoms with Gasteiger partial charge in [0.15, 0.2) is 0 Å². The lowest BCUT2D eigenvalue weighted by Crippen LogP contribution is -2.29. The van der Waals surface area contributed by atoms with Crippen molar-refractivity contribution >= 4 is 10.8 Å². The molecule has 0 amide bonds. The summed E-state index contributed by atoms with van der Waals surface area (Å²) < 4.78 is 6.48. The smallest absolute Gasteiger partial charge is 0.131 e. The van der Waals surface area contributed by atoms with E-state index in [4.69, 9.17) is 4.74 Å². The summed E-state index contributed by atoms with van der Waals surface area (Å²) in [5.74, 6) is 1.85. The van der Waals surface area contributed by atoms with Crippen LogP contribution in [0, 0.1) is 0 Å². The predicted octanol–water partition coefficient (Wildman–Crippen LogP) is 10.3. The maximum Gasteiger partial charge on any atom is 0.131 e. The van der Waals surface area contributed by atoms with Crippen LogP contribution in [-0.4, -0.2) is 0 Å². The van der Waals surface area contributed by atoms with Gasteiger partial charge in [0, 0.05) is 22.0 Å². The first kappa shape index (κ1) is 23.3. The summed E-state index contributed by atoms with van der Waals surface area (Å²) in [6.45, 7) is 7.08. The highest BCUT2D eigenvalue weighted by Crippen LogP contribution is 2.54. The van der Waals surface area contributed by atoms with E-state index in [1.165, 1.54) is 60.8 Å². The first-order valence-electron chi connectivity index (χ1n) is 14.1. The van der Waals surface area contributed by atoms with Crippen LogP contribution in [0.3, 0.4) is 0 Å². The van der Waals surface area contributed by atoms with Crippen molar-refractivity contribution < 1.29 is 4.74 Å². The standard InChI is InChI=1S/C39H30O/c1-38(2)33-23-26(18-20-30(33)31-21-17-25-11-7-8-14-29(25)37(31)38)27-19-22-36-34(24-27)39(3,28-12-5-4-6-13-28)32-15-9-10-16-35(32)40-36/h4-24H,1-3H3. The first-order chi connectivity index (χ1) is 19.5. The number of para-hydroxylation sites is 1. The Morgan fingerprint density at radius 1 is 0.500 bits per heavy atom. The molecular formula is C39H30O. The molecule has 0 saturated carbocycles. The second-order valence-corrected chi connectivity index (χ2v) is 11.9. The third-order valence-electron chi connectivity index (χ3n) is 9.39. The summed E-state index contributed by atoms with van der Waals surface area (Å²) >= 11 is 0. The largest absolute Gasteiger partial charge is 0.457 e. The number of fused-ring (bicyclic) bond motifs is 7. The summed E-state index contributed by atoms with van der Waals surface area (Å²) in [5.41, 5.74) is 11.2. The lowest BCUT2D eigenvalue weighted by atomic mass is 9.69. The van der Waals surface area contributed by atoms with Gasteiger partial charge in [-0.25, -0.2) is 0 Å². The van der Waals surface area contributed by atoms with Crippen LogP contribution in [0.2, 0.25) is 0 Å². The van der Waals surface area contributed by atoms with Crippen LogP contribution in [0.15, 0.2) is 127 Å². The van der Waals surface area contributed by atoms with Gasteiger partial charge in [0.2, 0.25) is 0 Å². The van der Waals surface area contributed by atoms with Crippen LogP contribution in [0.4, 0.5) is 0 Å². The second-order valence-electron chi connectivity index (χ2n) is 11.9. The Hall–Kier alpha value is -4.62. The van der Waals surface area contributed by atoms with Gasteiger partial charge in [-0.3, -0.25) is 0 Å². The zero-order valence-electron chi connectivity index (χ0n) is 23.0. The van der Waals surface area contributed by atoms with E-state index >= 15 is 0 Å². The molecule has 6 aromatic carbocycles. The minimum atomic E-state index is -0.327. The van der Waals surface area contributed by atoms with Crippen molar-refractivity contribution in [2.45, 2.75) is 31.6 Å². The summed E-state index contributed by atoms with van der Waals surface area (Å²) in [6.07, 6.45) is 0. The van der Waals surface area contributed by atoms with Gasteiger partial charge in [-0.05, 0) is 80.9 Å². The van der Waals surface area contributed by atoms with Gasteiger partial charge in [-0.1, -0.05) is 117 Å². The maximum atomic E-state index is 6.48. The van der Waals surface area contributed by atoms with Crippen LogP contribution in [0.1, 0.15) is 48.6 Å². The Bertz CT molecular complexity index is 1960. The average Bonchev–Trinajstić information content (AvgIpc) is 3.23. The zero-order chi connectivity index (χ0) is 27.1. The molecule has 8 rings (SSSR count). The highest BCUT2D eigenvalue weighted by atomic mass is 16.5. The third kappa shape index (κ3) is 3.09. The normalized spacial score (nSPS) is 17.9. The molecule has 0 bridgehead atoms. The van der Waals surface area contributed by atoms with Crippen molar-refractivity contribution in [2.75, 3.05) is 0 Å². The van der Waals surface area contributed by atoms with E-state index in [0.29, 0.717) is 0 Å². The molecule has 0 fully saturated rings. The molecule has 1 atom stereocenters. The molecule has 1 aliphatic heterocycles. The molecule has 2 aliphatic rings. The molecule has 0 aromatic heterocycles. The molecule has 40 heavy (non-hydrogen) atoms. The number of ether oxygens (including phenoxy) is 1. The summed E-state index contributed by atoms with van der Waals surface area (Å²) in [4.78, 5) is 0. The van der Waals surface area contributed by atoms with Crippen LogP contribution >= 0.6 is 0 Å². The molecule has 6 aromatic rings. The van der Waals surface area contributed by atoms with Crippen molar-refractivity contribution in [1.29, 1.82) is 0 Å². The summed E-state index contributed by atoms with van der Waals surface area (Å²) in [7, 11) is 0. The molecular weight excluding hydrogens is 484 g/mol. The Morgan fingerprint density at radius 3 is 2.00 bits per heavy atom. The van der Waals surface area contributed by atoms with Crippen molar-refractivity contribution in [3.8, 4) is 33.8 Å². The molecule has 0 spiro atoms. The van der Waals surface area contributed by atoms with Crippen LogP contribution < -0.4 is 4.74 Å². The Kier molecular flexibility index (Phi) is 4.77. The Labute approximate surface area is 235 Å². The van der Waals surface area contributed by atoms with Crippen molar-refractivity contribution in [3.05, 3.63) is 155 Å². The molecule has 1 aliphatic carbocycles. The predicted molar refractivity (Wildman–Crippen MR) is 165 cm³/mol. The topological polar surface area (TPSA) is 9.23 Å². The molecule has 1 heteroatoms. The molecule has 1 unspecified atom stereocenters. The van der Waals surface area contributed by atoms with E-state index in [2.05, 4.69) is 148 Å². The number of hydrogen-bond acceptors (Lipinski definition) is 1. The zero-order valence-corrected chi connectivity index (χ0v) is 23.0. The van der Waals surface area contributed by atoms with Gasteiger partial charge in [0.05, 0.1) is 0 Å². The van der Waals surface area contributed by atoms with Crippen molar-refractivity contribution in [1.82, 2.24) is 0 Å². The maximum absolute atomic E-state index is 6.48. The highest BCUT2D eigenvalue weighted by molar-refractivity contribution is 5.98. The first-order valence-corrected chi connectivity index (χ1v) is 14.1. The van der Waals surface area contributed by atoms with E-state index < -0.39 is 0 Å². The monoisotopic (exact) mass is 514 g/mol. The van der Waals surface area contributed by atoms with Crippen molar-refractivity contribution in [2.24, 2.45) is 0 Å². The van der Waals surface area contributed by atoms with Gasteiger partial charge in [-0.15, -0.1) is 0 Å². The molecule has 0 N–H and O–H groups in total. The molecule has 1 heterocycles. The summed E-state index contributed by atoms with van der Waals surface area (Å²) in [5, 5.41) is 2.66. The van der Waals surface area contributed by atoms with Crippen molar-refractivity contribution in [3.63, 3.8) is 0 Å². The SMILES string of the molecule is CC1(C)c2cc(-c3ccc4c(c3)C(C)(c3ccccc3)c3ccccc3O4)ccc2-c2ccc3ccccc3c21. The van der Waals surface area contributed by atoms with E-state index in [1.807, 2.05) is 0 Å². The molecule has 0 radical (unpaired) electrons. The van der Waals surface area contributed by atoms with E-state index in [-0.39, 0.29) is 10.8 Å². The highest BCUT2D eigenvalue weighted by Gasteiger charge is 2.40. The average molecular weight is 515 g/mol. The van der Waals surface area contributed by atoms with E-state index in [0.717, 1.165) is 11.5 Å². The minimum Gasteiger partial charge on any atom is -0.457 e. The molecule has 1 nitrogen and oxygen atoms in total. The second kappa shape index (κ2) is 8.19. The van der Waals surface area contributed by atoms with Gasteiger partial charge >= 0.3 is 0 Å². The lowest BCUT2D eigenvalue weighted by molar-refractivity contribution is 0.427. The quantitative estimate of drug-likeness (QED) is 0.223. The fraction of sp³-hybridized carbons (Fsp3) is 0.128.